The normalized spacial score (nSPS) is 17.4. The molecule has 2 aliphatic carbocycles. The standard InChI is InChI=1S/C31H31F4NO5.C30H29F4NO5/c1-40-27(39)18-20-11-15-22(16-12-20)21-13-9-19(10-14-21)17-23(37)5-4-8-26(38)28-29(31(33,34)35)41-30(36-28)24-6-2-3-7-25(24)32;31-24-6-2-1-5-23(24)29-35-27(28(40-29)30(32,33)34)25(37)7-3-4-22(36)16-18-8-12-20(13-9-18)21-14-10-19(11-15-21)17-26(38)39/h2-3,6-7,9-10,13-14,20,22H,4-5,8,11-12,15-18H2,1H3;1-2,5-6,8-9,12-13,19,21H,3-4,7,10-11,14-17H2,(H,38,39). The summed E-state index contributed by atoms with van der Waals surface area (Å²) in [5, 5.41) is 8.97. The maximum absolute atomic E-state index is 14.0. The van der Waals surface area contributed by atoms with Gasteiger partial charge in [0.05, 0.1) is 18.2 Å². The third-order valence-corrected chi connectivity index (χ3v) is 14.8. The lowest BCUT2D eigenvalue weighted by Gasteiger charge is -2.28. The van der Waals surface area contributed by atoms with Crippen molar-refractivity contribution in [3.8, 4) is 22.9 Å². The number of alkyl halides is 6. The number of aromatic nitrogens is 2. The summed E-state index contributed by atoms with van der Waals surface area (Å²) in [5.74, 6) is -7.88. The maximum atomic E-state index is 14.0. The fourth-order valence-electron chi connectivity index (χ4n) is 10.4. The highest BCUT2D eigenvalue weighted by Gasteiger charge is 2.43. The lowest BCUT2D eigenvalue weighted by atomic mass is 9.77. The third kappa shape index (κ3) is 17.2. The molecule has 20 heteroatoms. The molecule has 0 saturated heterocycles. The number of methoxy groups -OCH3 is 1. The molecular formula is C61H60F8N2O10. The van der Waals surface area contributed by atoms with Crippen LogP contribution >= 0.6 is 0 Å². The van der Waals surface area contributed by atoms with Gasteiger partial charge in [0, 0.05) is 51.4 Å². The molecule has 2 heterocycles. The molecule has 0 atom stereocenters. The van der Waals surface area contributed by atoms with Gasteiger partial charge in [-0.15, -0.1) is 0 Å². The summed E-state index contributed by atoms with van der Waals surface area (Å²) in [5.41, 5.74) is 1.52. The molecule has 0 spiro atoms. The van der Waals surface area contributed by atoms with Gasteiger partial charge in [-0.1, -0.05) is 72.8 Å². The number of carboxylic acid groups (broad SMARTS) is 1. The van der Waals surface area contributed by atoms with Gasteiger partial charge in [0.15, 0.2) is 23.0 Å². The number of hydrogen-bond acceptors (Lipinski definition) is 11. The molecule has 430 valence electrons. The van der Waals surface area contributed by atoms with E-state index in [1.54, 1.807) is 0 Å². The van der Waals surface area contributed by atoms with Crippen LogP contribution in [0.25, 0.3) is 22.9 Å². The predicted molar refractivity (Wildman–Crippen MR) is 279 cm³/mol. The van der Waals surface area contributed by atoms with E-state index in [4.69, 9.17) is 18.7 Å². The van der Waals surface area contributed by atoms with Crippen LogP contribution in [0.15, 0.2) is 106 Å². The number of aliphatic carboxylic acids is 1. The number of esters is 1. The lowest BCUT2D eigenvalue weighted by molar-refractivity contribution is -0.153. The van der Waals surface area contributed by atoms with Gasteiger partial charge in [-0.25, -0.2) is 18.7 Å². The van der Waals surface area contributed by atoms with Crippen LogP contribution in [-0.4, -0.2) is 57.3 Å². The monoisotopic (exact) mass is 1130 g/mol. The van der Waals surface area contributed by atoms with E-state index >= 15 is 0 Å². The Balaban J connectivity index is 0.000000234. The topological polar surface area (TPSA) is 184 Å². The number of rotatable bonds is 22. The Morgan fingerprint density at radius 3 is 1.25 bits per heavy atom. The van der Waals surface area contributed by atoms with Crippen LogP contribution < -0.4 is 0 Å². The molecule has 4 aromatic carbocycles. The SMILES string of the molecule is COC(=O)CC1CCC(c2ccc(CC(=O)CCCC(=O)c3nc(-c4ccccc4F)oc3C(F)(F)F)cc2)CC1.O=C(O)CC1CCC(c2ccc(CC(=O)CCCC(=O)c3nc(-c4ccccc4F)oc3C(F)(F)F)cc2)CC1. The number of Topliss-reactive ketones (excluding diaryl/α,β-unsaturated/α-hetero) is 4. The van der Waals surface area contributed by atoms with Crippen LogP contribution in [0.4, 0.5) is 35.1 Å². The molecule has 6 aromatic rings. The molecule has 0 unspecified atom stereocenters. The smallest absolute Gasteiger partial charge is 0.452 e. The molecule has 81 heavy (non-hydrogen) atoms. The van der Waals surface area contributed by atoms with Gasteiger partial charge in [-0.05, 0) is 134 Å². The van der Waals surface area contributed by atoms with E-state index in [1.165, 1.54) is 49.1 Å². The highest BCUT2D eigenvalue weighted by atomic mass is 19.4. The van der Waals surface area contributed by atoms with E-state index < -0.39 is 76.2 Å². The van der Waals surface area contributed by atoms with Crippen molar-refractivity contribution in [2.24, 2.45) is 11.8 Å². The summed E-state index contributed by atoms with van der Waals surface area (Å²) in [6.07, 6.45) is -2.16. The zero-order valence-electron chi connectivity index (χ0n) is 44.3. The number of ketones is 4. The maximum Gasteiger partial charge on any atom is 0.452 e. The van der Waals surface area contributed by atoms with Gasteiger partial charge in [0.1, 0.15) is 23.2 Å². The first-order chi connectivity index (χ1) is 38.6. The second kappa shape index (κ2) is 27.7. The fraction of sp³-hybridized carbons (Fsp3) is 0.410. The molecule has 1 N–H and O–H groups in total. The fourth-order valence-corrected chi connectivity index (χ4v) is 10.4. The van der Waals surface area contributed by atoms with Gasteiger partial charge in [-0.2, -0.15) is 26.3 Å². The molecule has 12 nitrogen and oxygen atoms in total. The van der Waals surface area contributed by atoms with E-state index in [-0.39, 0.29) is 92.4 Å². The quantitative estimate of drug-likeness (QED) is 0.0386. The van der Waals surface area contributed by atoms with E-state index in [2.05, 4.69) is 9.97 Å². The molecule has 0 aliphatic heterocycles. The molecule has 2 fully saturated rings. The minimum Gasteiger partial charge on any atom is -0.481 e. The van der Waals surface area contributed by atoms with Gasteiger partial charge >= 0.3 is 24.3 Å². The minimum atomic E-state index is -5.00. The van der Waals surface area contributed by atoms with Crippen LogP contribution in [0.1, 0.15) is 169 Å². The van der Waals surface area contributed by atoms with Crippen molar-refractivity contribution in [3.05, 3.63) is 154 Å². The number of ether oxygens (including phenoxy) is 1. The van der Waals surface area contributed by atoms with Crippen molar-refractivity contribution in [3.63, 3.8) is 0 Å². The van der Waals surface area contributed by atoms with Gasteiger partial charge in [-0.3, -0.25) is 28.8 Å². The average Bonchev–Trinajstić information content (AvgIpc) is 4.34. The van der Waals surface area contributed by atoms with Crippen molar-refractivity contribution < 1.29 is 82.6 Å². The molecule has 0 amide bonds. The van der Waals surface area contributed by atoms with Crippen molar-refractivity contribution in [1.29, 1.82) is 0 Å². The van der Waals surface area contributed by atoms with E-state index in [0.717, 1.165) is 80.2 Å². The summed E-state index contributed by atoms with van der Waals surface area (Å²) in [7, 11) is 1.40. The molecule has 2 saturated carbocycles. The highest BCUT2D eigenvalue weighted by molar-refractivity contribution is 5.97. The Bertz CT molecular complexity index is 3150. The zero-order valence-corrected chi connectivity index (χ0v) is 44.3. The van der Waals surface area contributed by atoms with Crippen molar-refractivity contribution in [1.82, 2.24) is 9.97 Å². The number of hydrogen-bond donors (Lipinski definition) is 1. The molecule has 0 bridgehead atoms. The first-order valence-electron chi connectivity index (χ1n) is 26.8. The van der Waals surface area contributed by atoms with Crippen LogP contribution in [0.3, 0.4) is 0 Å². The Morgan fingerprint density at radius 2 is 0.901 bits per heavy atom. The summed E-state index contributed by atoms with van der Waals surface area (Å²) in [6.45, 7) is 0. The number of nitrogens with zero attached hydrogens (tertiary/aromatic N) is 2. The van der Waals surface area contributed by atoms with Gasteiger partial charge in [0.25, 0.3) is 0 Å². The number of carboxylic acids is 1. The molecule has 2 aromatic heterocycles. The zero-order chi connectivity index (χ0) is 58.4. The first-order valence-corrected chi connectivity index (χ1v) is 26.8. The third-order valence-electron chi connectivity index (χ3n) is 14.8. The number of oxazole rings is 2. The summed E-state index contributed by atoms with van der Waals surface area (Å²) in [4.78, 5) is 79.9. The molecule has 2 aliphatic rings. The Morgan fingerprint density at radius 1 is 0.531 bits per heavy atom. The van der Waals surface area contributed by atoms with Crippen LogP contribution in [0.2, 0.25) is 0 Å². The summed E-state index contributed by atoms with van der Waals surface area (Å²) >= 11 is 0. The largest absolute Gasteiger partial charge is 0.481 e. The number of benzene rings is 4. The Labute approximate surface area is 461 Å². The van der Waals surface area contributed by atoms with E-state index in [0.29, 0.717) is 24.2 Å². The van der Waals surface area contributed by atoms with Crippen molar-refractivity contribution in [2.45, 2.75) is 140 Å². The number of halogens is 8. The number of carbonyl (C=O) groups excluding carboxylic acids is 5. The molecule has 8 rings (SSSR count). The lowest BCUT2D eigenvalue weighted by Crippen LogP contribution is -2.17. The molecule has 0 radical (unpaired) electrons. The van der Waals surface area contributed by atoms with E-state index in [9.17, 15) is 63.9 Å². The van der Waals surface area contributed by atoms with E-state index in [1.807, 2.05) is 48.5 Å². The second-order valence-corrected chi connectivity index (χ2v) is 20.6. The van der Waals surface area contributed by atoms with Crippen molar-refractivity contribution in [2.75, 3.05) is 7.11 Å². The Hall–Kier alpha value is -7.64. The van der Waals surface area contributed by atoms with Crippen molar-refractivity contribution >= 4 is 35.1 Å². The minimum absolute atomic E-state index is 0.000452. The Kier molecular flexibility index (Phi) is 20.8. The van der Waals surface area contributed by atoms with Crippen LogP contribution in [-0.2, 0) is 49.1 Å². The summed E-state index contributed by atoms with van der Waals surface area (Å²) in [6, 6.07) is 25.6. The average molecular weight is 1130 g/mol. The number of carbonyl (C=O) groups is 6. The molecular weight excluding hydrogens is 1070 g/mol. The van der Waals surface area contributed by atoms with Crippen LogP contribution in [0.5, 0.6) is 0 Å². The highest BCUT2D eigenvalue weighted by Crippen LogP contribution is 2.41. The second-order valence-electron chi connectivity index (χ2n) is 20.6. The first kappa shape index (κ1) is 61.0. The van der Waals surface area contributed by atoms with Gasteiger partial charge < -0.3 is 18.7 Å². The van der Waals surface area contributed by atoms with Gasteiger partial charge in [0.2, 0.25) is 23.3 Å². The van der Waals surface area contributed by atoms with Crippen LogP contribution in [0, 0.1) is 23.5 Å². The summed E-state index contributed by atoms with van der Waals surface area (Å²) < 4.78 is 123. The predicted octanol–water partition coefficient (Wildman–Crippen LogP) is 14.9.